The first-order valence-electron chi connectivity index (χ1n) is 6.23. The van der Waals surface area contributed by atoms with Crippen molar-refractivity contribution in [1.29, 1.82) is 0 Å². The van der Waals surface area contributed by atoms with Gasteiger partial charge in [-0.1, -0.05) is 0 Å². The second-order valence-electron chi connectivity index (χ2n) is 4.62. The lowest BCUT2D eigenvalue weighted by molar-refractivity contribution is 0.590. The minimum Gasteiger partial charge on any atom is -0.397 e. The maximum atomic E-state index is 12.3. The summed E-state index contributed by atoms with van der Waals surface area (Å²) in [5.41, 5.74) is 9.07. The molecule has 0 aliphatic rings. The maximum absolute atomic E-state index is 12.3. The van der Waals surface area contributed by atoms with Crippen LogP contribution in [0.3, 0.4) is 0 Å². The van der Waals surface area contributed by atoms with E-state index < -0.39 is 0 Å². The summed E-state index contributed by atoms with van der Waals surface area (Å²) in [6.45, 7) is 6.95. The van der Waals surface area contributed by atoms with E-state index in [2.05, 4.69) is 37.0 Å². The van der Waals surface area contributed by atoms with Crippen molar-refractivity contribution in [3.05, 3.63) is 42.4 Å². The molecule has 0 radical (unpaired) electrons. The van der Waals surface area contributed by atoms with Crippen LogP contribution in [-0.2, 0) is 13.1 Å². The molecule has 2 aromatic rings. The molecule has 108 valence electrons. The van der Waals surface area contributed by atoms with Gasteiger partial charge in [0.25, 0.3) is 5.56 Å². The summed E-state index contributed by atoms with van der Waals surface area (Å²) in [7, 11) is 0. The highest BCUT2D eigenvalue weighted by atomic mass is 79.9. The molecule has 0 aliphatic heterocycles. The number of hydrogen-bond donors (Lipinski definition) is 1. The Morgan fingerprint density at radius 3 is 2.55 bits per heavy atom. The zero-order chi connectivity index (χ0) is 15.0. The summed E-state index contributed by atoms with van der Waals surface area (Å²) < 4.78 is 4.92. The van der Waals surface area contributed by atoms with Crippen molar-refractivity contribution in [1.82, 2.24) is 14.3 Å². The van der Waals surface area contributed by atoms with E-state index in [1.807, 2.05) is 25.5 Å². The molecule has 20 heavy (non-hydrogen) atoms. The van der Waals surface area contributed by atoms with Crippen LogP contribution in [0.25, 0.3) is 0 Å². The second-order valence-corrected chi connectivity index (χ2v) is 6.20. The van der Waals surface area contributed by atoms with E-state index in [0.717, 1.165) is 28.0 Å². The topological polar surface area (TPSA) is 65.8 Å². The minimum absolute atomic E-state index is 0.0925. The van der Waals surface area contributed by atoms with Crippen LogP contribution in [-0.4, -0.2) is 14.3 Å². The van der Waals surface area contributed by atoms with Crippen LogP contribution in [0.1, 0.15) is 23.9 Å². The highest BCUT2D eigenvalue weighted by molar-refractivity contribution is 9.10. The van der Waals surface area contributed by atoms with Gasteiger partial charge >= 0.3 is 0 Å². The Labute approximate surface area is 134 Å². The molecule has 0 atom stereocenters. The Hall–Kier alpha value is -1.08. The van der Waals surface area contributed by atoms with Gasteiger partial charge in [-0.15, -0.1) is 0 Å². The highest BCUT2D eigenvalue weighted by Gasteiger charge is 2.15. The molecule has 2 heterocycles. The van der Waals surface area contributed by atoms with Crippen molar-refractivity contribution in [2.24, 2.45) is 0 Å². The monoisotopic (exact) mass is 402 g/mol. The first kappa shape index (κ1) is 15.3. The SMILES string of the molecule is CCn1nc(C)c(Br)c1Cn1cc(N)c(C)c(Br)c1=O. The van der Waals surface area contributed by atoms with E-state index in [1.54, 1.807) is 10.8 Å². The van der Waals surface area contributed by atoms with Crippen LogP contribution >= 0.6 is 31.9 Å². The number of nitrogens with two attached hydrogens (primary N) is 1. The molecule has 0 amide bonds. The second kappa shape index (κ2) is 5.73. The lowest BCUT2D eigenvalue weighted by Gasteiger charge is -2.12. The molecule has 2 aromatic heterocycles. The molecule has 0 saturated carbocycles. The van der Waals surface area contributed by atoms with Crippen LogP contribution in [0.4, 0.5) is 5.69 Å². The molecular weight excluding hydrogens is 388 g/mol. The summed E-state index contributed by atoms with van der Waals surface area (Å²) in [6.07, 6.45) is 1.68. The van der Waals surface area contributed by atoms with Gasteiger partial charge in [0.05, 0.1) is 32.6 Å². The summed E-state index contributed by atoms with van der Waals surface area (Å²) >= 11 is 6.84. The molecule has 0 saturated heterocycles. The van der Waals surface area contributed by atoms with E-state index in [-0.39, 0.29) is 5.56 Å². The first-order chi connectivity index (χ1) is 9.36. The number of aromatic nitrogens is 3. The fourth-order valence-corrected chi connectivity index (χ4v) is 2.90. The van der Waals surface area contributed by atoms with Gasteiger partial charge in [-0.05, 0) is 58.2 Å². The number of hydrogen-bond acceptors (Lipinski definition) is 3. The van der Waals surface area contributed by atoms with Gasteiger partial charge in [-0.25, -0.2) is 0 Å². The summed E-state index contributed by atoms with van der Waals surface area (Å²) in [5.74, 6) is 0. The van der Waals surface area contributed by atoms with Crippen molar-refractivity contribution in [2.75, 3.05) is 5.73 Å². The van der Waals surface area contributed by atoms with Crippen molar-refractivity contribution in [3.63, 3.8) is 0 Å². The Morgan fingerprint density at radius 1 is 1.30 bits per heavy atom. The third-order valence-electron chi connectivity index (χ3n) is 3.28. The van der Waals surface area contributed by atoms with Gasteiger partial charge in [-0.2, -0.15) is 5.10 Å². The van der Waals surface area contributed by atoms with Crippen LogP contribution in [0.5, 0.6) is 0 Å². The number of halogens is 2. The summed E-state index contributed by atoms with van der Waals surface area (Å²) in [6, 6.07) is 0. The van der Waals surface area contributed by atoms with Crippen molar-refractivity contribution < 1.29 is 0 Å². The third kappa shape index (κ3) is 2.56. The summed E-state index contributed by atoms with van der Waals surface area (Å²) in [5, 5.41) is 4.43. The van der Waals surface area contributed by atoms with E-state index in [0.29, 0.717) is 16.7 Å². The molecule has 0 bridgehead atoms. The number of anilines is 1. The zero-order valence-electron chi connectivity index (χ0n) is 11.6. The summed E-state index contributed by atoms with van der Waals surface area (Å²) in [4.78, 5) is 12.3. The van der Waals surface area contributed by atoms with Crippen molar-refractivity contribution in [3.8, 4) is 0 Å². The number of nitrogen functional groups attached to an aromatic ring is 1. The van der Waals surface area contributed by atoms with Crippen LogP contribution in [0.2, 0.25) is 0 Å². The average Bonchev–Trinajstić information content (AvgIpc) is 2.70. The zero-order valence-corrected chi connectivity index (χ0v) is 14.7. The van der Waals surface area contributed by atoms with E-state index >= 15 is 0 Å². The van der Waals surface area contributed by atoms with E-state index in [4.69, 9.17) is 5.73 Å². The Balaban J connectivity index is 2.54. The van der Waals surface area contributed by atoms with Crippen molar-refractivity contribution >= 4 is 37.5 Å². The molecular formula is C13H16Br2N4O. The molecule has 7 heteroatoms. The van der Waals surface area contributed by atoms with Crippen LogP contribution < -0.4 is 11.3 Å². The maximum Gasteiger partial charge on any atom is 0.265 e. The van der Waals surface area contributed by atoms with Gasteiger partial charge < -0.3 is 10.3 Å². The minimum atomic E-state index is -0.0925. The predicted molar refractivity (Wildman–Crippen MR) is 87.0 cm³/mol. The predicted octanol–water partition coefficient (Wildman–Crippen LogP) is 2.84. The van der Waals surface area contributed by atoms with E-state index in [1.165, 1.54) is 0 Å². The number of rotatable bonds is 3. The highest BCUT2D eigenvalue weighted by Crippen LogP contribution is 2.23. The molecule has 2 rings (SSSR count). The van der Waals surface area contributed by atoms with Gasteiger partial charge in [0.1, 0.15) is 0 Å². The molecule has 0 fully saturated rings. The van der Waals surface area contributed by atoms with Crippen LogP contribution in [0.15, 0.2) is 19.9 Å². The van der Waals surface area contributed by atoms with Crippen LogP contribution in [0, 0.1) is 13.8 Å². The fourth-order valence-electron chi connectivity index (χ4n) is 2.04. The van der Waals surface area contributed by atoms with Gasteiger partial charge in [0, 0.05) is 12.7 Å². The lowest BCUT2D eigenvalue weighted by atomic mass is 10.2. The number of nitrogens with zero attached hydrogens (tertiary/aromatic N) is 3. The van der Waals surface area contributed by atoms with Gasteiger partial charge in [0.15, 0.2) is 0 Å². The molecule has 5 nitrogen and oxygen atoms in total. The molecule has 0 aromatic carbocycles. The molecule has 0 unspecified atom stereocenters. The smallest absolute Gasteiger partial charge is 0.265 e. The molecule has 0 spiro atoms. The largest absolute Gasteiger partial charge is 0.397 e. The quantitative estimate of drug-likeness (QED) is 0.856. The van der Waals surface area contributed by atoms with E-state index in [9.17, 15) is 4.79 Å². The number of aryl methyl sites for hydroxylation is 2. The Morgan fingerprint density at radius 2 is 1.95 bits per heavy atom. The third-order valence-corrected chi connectivity index (χ3v) is 5.24. The number of pyridine rings is 1. The van der Waals surface area contributed by atoms with Gasteiger partial charge in [0.2, 0.25) is 0 Å². The van der Waals surface area contributed by atoms with Crippen molar-refractivity contribution in [2.45, 2.75) is 33.9 Å². The first-order valence-corrected chi connectivity index (χ1v) is 7.82. The lowest BCUT2D eigenvalue weighted by Crippen LogP contribution is -2.24. The average molecular weight is 404 g/mol. The fraction of sp³-hybridized carbons (Fsp3) is 0.385. The Kier molecular flexibility index (Phi) is 4.39. The Bertz CT molecular complexity index is 718. The molecule has 2 N–H and O–H groups in total. The normalized spacial score (nSPS) is 11.1. The molecule has 0 aliphatic carbocycles. The standard InChI is InChI=1S/C13H16Br2N4O/c1-4-19-10(12(15)8(3)17-19)6-18-5-9(16)7(2)11(14)13(18)20/h5H,4,6,16H2,1-3H3. The van der Waals surface area contributed by atoms with Gasteiger partial charge in [-0.3, -0.25) is 9.48 Å².